The molecule has 0 bridgehead atoms. The summed E-state index contributed by atoms with van der Waals surface area (Å²) in [5.74, 6) is -8.23. The number of imide groups is 2. The number of methoxy groups -OCH3 is 1. The molecule has 0 unspecified atom stereocenters. The minimum Gasteiger partial charge on any atom is -0.503 e. The highest BCUT2D eigenvalue weighted by atomic mass is 79.9. The van der Waals surface area contributed by atoms with Gasteiger partial charge in [-0.15, -0.1) is 0 Å². The average Bonchev–Trinajstić information content (AvgIpc) is 3.69. The number of allylic oxidation sites excluding steroid dienone is 2. The van der Waals surface area contributed by atoms with Gasteiger partial charge in [0.1, 0.15) is 0 Å². The molecular formula is C47H36Br2Cl2F3N7O6. The number of nitrogens with zero attached hydrogens (tertiary/aromatic N) is 6. The number of alkyl halides is 3. The summed E-state index contributed by atoms with van der Waals surface area (Å²) in [7, 11) is 5.21. The molecule has 2 N–H and O–H groups in total. The first kappa shape index (κ1) is 46.3. The monoisotopic (exact) mass is 1080 g/mol. The van der Waals surface area contributed by atoms with Gasteiger partial charge in [-0.3, -0.25) is 29.5 Å². The molecule has 4 aliphatic rings. The van der Waals surface area contributed by atoms with Crippen LogP contribution in [0, 0.1) is 23.7 Å². The maximum absolute atomic E-state index is 15.6. The number of ether oxygens (including phenoxy) is 1. The highest BCUT2D eigenvalue weighted by molar-refractivity contribution is 9.13. The van der Waals surface area contributed by atoms with Gasteiger partial charge in [-0.05, 0) is 135 Å². The maximum Gasteiger partial charge on any atom is 0.417 e. The largest absolute Gasteiger partial charge is 0.503 e. The first-order valence-corrected chi connectivity index (χ1v) is 23.0. The van der Waals surface area contributed by atoms with Crippen molar-refractivity contribution in [3.63, 3.8) is 0 Å². The molecule has 5 aromatic rings. The van der Waals surface area contributed by atoms with E-state index in [1.54, 1.807) is 48.5 Å². The smallest absolute Gasteiger partial charge is 0.417 e. The maximum atomic E-state index is 15.6. The van der Waals surface area contributed by atoms with Gasteiger partial charge >= 0.3 is 6.18 Å². The summed E-state index contributed by atoms with van der Waals surface area (Å²) in [6, 6.07) is 22.5. The van der Waals surface area contributed by atoms with Crippen LogP contribution in [-0.2, 0) is 30.8 Å². The summed E-state index contributed by atoms with van der Waals surface area (Å²) >= 11 is 19.8. The second-order valence-electron chi connectivity index (χ2n) is 16.7. The van der Waals surface area contributed by atoms with Gasteiger partial charge in [0.05, 0.1) is 62.4 Å². The number of hydrogen-bond donors (Lipinski definition) is 2. The second kappa shape index (κ2) is 17.4. The molecule has 13 nitrogen and oxygen atoms in total. The van der Waals surface area contributed by atoms with Crippen molar-refractivity contribution in [2.75, 3.05) is 36.4 Å². The van der Waals surface area contributed by atoms with E-state index in [4.69, 9.17) is 27.9 Å². The van der Waals surface area contributed by atoms with Crippen LogP contribution in [0.4, 0.5) is 41.7 Å². The number of nitrogens with one attached hydrogen (secondary N) is 1. The number of phenols is 1. The van der Waals surface area contributed by atoms with Gasteiger partial charge in [-0.25, -0.2) is 4.98 Å². The zero-order valence-electron chi connectivity index (χ0n) is 35.4. The average molecular weight is 1080 g/mol. The highest BCUT2D eigenvalue weighted by Crippen LogP contribution is 2.66. The number of anilines is 3. The third kappa shape index (κ3) is 7.65. The van der Waals surface area contributed by atoms with Crippen LogP contribution in [0.3, 0.4) is 0 Å². The molecule has 2 aliphatic heterocycles. The van der Waals surface area contributed by atoms with Gasteiger partial charge in [-0.2, -0.15) is 28.4 Å². The summed E-state index contributed by atoms with van der Waals surface area (Å²) in [6.45, 7) is 0. The molecule has 1 aromatic heterocycles. The molecule has 2 saturated heterocycles. The molecule has 3 heterocycles. The van der Waals surface area contributed by atoms with Crippen molar-refractivity contribution in [3.05, 3.63) is 138 Å². The number of benzene rings is 4. The molecule has 4 aromatic carbocycles. The lowest BCUT2D eigenvalue weighted by Crippen LogP contribution is -2.53. The van der Waals surface area contributed by atoms with Crippen molar-refractivity contribution in [1.29, 1.82) is 0 Å². The summed E-state index contributed by atoms with van der Waals surface area (Å²) in [5.41, 5.74) is 3.32. The molecular weight excluding hydrogens is 1050 g/mol. The number of fused-ring (bicyclic) bond motifs is 4. The summed E-state index contributed by atoms with van der Waals surface area (Å²) in [6.07, 6.45) is -2.43. The topological polar surface area (TPSA) is 157 Å². The van der Waals surface area contributed by atoms with Crippen LogP contribution in [0.2, 0.25) is 10.0 Å². The first-order valence-electron chi connectivity index (χ1n) is 20.6. The fourth-order valence-corrected chi connectivity index (χ4v) is 11.3. The van der Waals surface area contributed by atoms with Gasteiger partial charge in [0, 0.05) is 41.4 Å². The fourth-order valence-electron chi connectivity index (χ4n) is 9.96. The van der Waals surface area contributed by atoms with E-state index < -0.39 is 81.2 Å². The Morgan fingerprint density at radius 1 is 0.881 bits per heavy atom. The number of pyridine rings is 1. The molecule has 4 amide bonds. The van der Waals surface area contributed by atoms with Crippen LogP contribution in [-0.4, -0.2) is 59.9 Å². The number of hydrogen-bond acceptors (Lipinski definition) is 11. The fraction of sp³-hybridized carbons (Fsp3) is 0.255. The third-order valence-electron chi connectivity index (χ3n) is 13.0. The Hall–Kier alpha value is -5.82. The van der Waals surface area contributed by atoms with Gasteiger partial charge in [0.2, 0.25) is 11.8 Å². The second-order valence-corrected chi connectivity index (χ2v) is 19.1. The van der Waals surface area contributed by atoms with Crippen molar-refractivity contribution in [2.24, 2.45) is 33.9 Å². The van der Waals surface area contributed by atoms with Gasteiger partial charge < -0.3 is 14.7 Å². The molecule has 9 rings (SSSR count). The number of rotatable bonds is 9. The van der Waals surface area contributed by atoms with E-state index >= 15 is 9.59 Å². The van der Waals surface area contributed by atoms with Crippen LogP contribution in [0.25, 0.3) is 0 Å². The van der Waals surface area contributed by atoms with Crippen LogP contribution in [0.1, 0.15) is 35.4 Å². The van der Waals surface area contributed by atoms with E-state index in [1.807, 2.05) is 49.3 Å². The molecule has 3 fully saturated rings. The number of amides is 4. The number of aromatic hydroxyl groups is 1. The quantitative estimate of drug-likeness (QED) is 0.0833. The summed E-state index contributed by atoms with van der Waals surface area (Å²) in [5, 5.41) is 20.3. The predicted octanol–water partition coefficient (Wildman–Crippen LogP) is 11.3. The number of carbonyl (C=O) groups excluding carboxylic acids is 4. The predicted molar refractivity (Wildman–Crippen MR) is 251 cm³/mol. The lowest BCUT2D eigenvalue weighted by molar-refractivity contribution is -0.139. The van der Waals surface area contributed by atoms with Crippen molar-refractivity contribution < 1.29 is 42.2 Å². The van der Waals surface area contributed by atoms with Crippen molar-refractivity contribution in [2.45, 2.75) is 30.4 Å². The van der Waals surface area contributed by atoms with E-state index in [9.17, 15) is 27.9 Å². The Balaban J connectivity index is 1.15. The summed E-state index contributed by atoms with van der Waals surface area (Å²) < 4.78 is 47.0. The Bertz CT molecular complexity index is 2940. The normalized spacial score (nSPS) is 23.6. The molecule has 0 spiro atoms. The number of hydrazine groups is 1. The van der Waals surface area contributed by atoms with Gasteiger partial charge in [0.15, 0.2) is 17.3 Å². The lowest BCUT2D eigenvalue weighted by atomic mass is 9.49. The number of halogens is 7. The van der Waals surface area contributed by atoms with E-state index in [2.05, 4.69) is 52.5 Å². The van der Waals surface area contributed by atoms with Crippen molar-refractivity contribution in [1.82, 2.24) is 9.99 Å². The van der Waals surface area contributed by atoms with Crippen LogP contribution >= 0.6 is 55.1 Å². The summed E-state index contributed by atoms with van der Waals surface area (Å²) in [4.78, 5) is 67.1. The molecule has 2 aliphatic carbocycles. The van der Waals surface area contributed by atoms with Crippen LogP contribution < -0.4 is 20.0 Å². The van der Waals surface area contributed by atoms with Crippen molar-refractivity contribution in [3.8, 4) is 11.5 Å². The third-order valence-corrected chi connectivity index (χ3v) is 15.7. The van der Waals surface area contributed by atoms with E-state index in [1.165, 1.54) is 13.2 Å². The number of carbonyl (C=O) groups is 4. The molecule has 67 heavy (non-hydrogen) atoms. The molecule has 20 heteroatoms. The SMILES string of the molecule is COc1cc([C@H]2C3=CC[C@@H]4C(=O)N(c5ccc(N=Nc6ccc(N(C)C)cc6)cc5)C(=O)[C@@H]4[C@@H]3C[C@H]3C(=O)N(Nc4ncc(C(F)(F)F)cc4Cl)C(=O)[C@@]23c2ccc(Cl)cc2)c(Br)c(Br)c1O. The highest BCUT2D eigenvalue weighted by Gasteiger charge is 2.71. The van der Waals surface area contributed by atoms with Gasteiger partial charge in [0.25, 0.3) is 11.8 Å². The Kier molecular flexibility index (Phi) is 12.0. The van der Waals surface area contributed by atoms with E-state index in [-0.39, 0.29) is 28.8 Å². The first-order chi connectivity index (χ1) is 31.9. The molecule has 1 saturated carbocycles. The Labute approximate surface area is 407 Å². The minimum atomic E-state index is -4.78. The lowest BCUT2D eigenvalue weighted by Gasteiger charge is -2.51. The number of aromatic nitrogens is 1. The number of phenolic OH excluding ortho intramolecular Hbond substituents is 1. The standard InChI is InChI=1S/C47H36Br2Cl2F3N7O6/c1-59(2)27-12-8-25(9-13-27)56-57-26-10-14-28(15-11-26)60-42(63)30-17-16-29-31(36(30)44(60)65)19-33-43(64)61(58-41-34(51)18-23(21-55-41)47(52,53)54)45(66)46(33,22-4-6-24(50)7-5-22)37(29)32-20-35(67-3)40(62)39(49)38(32)48/h4-16,18,20-21,30-31,33,36-37,62H,17,19H2,1-3H3,(H,55,58)/t30-,31+,33-,36-,37+,46+/m0/s1. The molecule has 0 radical (unpaired) electrons. The number of azo groups is 1. The van der Waals surface area contributed by atoms with E-state index in [0.29, 0.717) is 60.5 Å². The zero-order valence-corrected chi connectivity index (χ0v) is 40.0. The molecule has 6 atom stereocenters. The minimum absolute atomic E-state index is 0.0142. The van der Waals surface area contributed by atoms with E-state index in [0.717, 1.165) is 10.6 Å². The Morgan fingerprint density at radius 3 is 2.12 bits per heavy atom. The zero-order chi connectivity index (χ0) is 47.9. The Morgan fingerprint density at radius 2 is 1.52 bits per heavy atom. The molecule has 344 valence electrons. The van der Waals surface area contributed by atoms with Crippen LogP contribution in [0.5, 0.6) is 11.5 Å². The van der Waals surface area contributed by atoms with Crippen LogP contribution in [0.15, 0.2) is 122 Å². The van der Waals surface area contributed by atoms with Crippen molar-refractivity contribution >= 4 is 107 Å². The van der Waals surface area contributed by atoms with Gasteiger partial charge in [-0.1, -0.05) is 47.0 Å².